The van der Waals surface area contributed by atoms with Crippen molar-refractivity contribution in [3.8, 4) is 33.8 Å². The Morgan fingerprint density at radius 3 is 1.77 bits per heavy atom. The summed E-state index contributed by atoms with van der Waals surface area (Å²) in [6.45, 7) is 1.96. The highest BCUT2D eigenvalue weighted by Gasteiger charge is 2.27. The zero-order valence-electron chi connectivity index (χ0n) is 32.0. The van der Waals surface area contributed by atoms with Gasteiger partial charge in [0.1, 0.15) is 47.0 Å². The van der Waals surface area contributed by atoms with E-state index < -0.39 is 46.9 Å². The number of aliphatic imine (C=N–C) groups is 1. The van der Waals surface area contributed by atoms with Crippen molar-refractivity contribution in [2.75, 3.05) is 19.1 Å². The van der Waals surface area contributed by atoms with Crippen molar-refractivity contribution in [2.24, 2.45) is 4.99 Å². The average Bonchev–Trinajstić information content (AvgIpc) is 3.73. The molecule has 0 aromatic heterocycles. The summed E-state index contributed by atoms with van der Waals surface area (Å²) in [7, 11) is 0. The van der Waals surface area contributed by atoms with Crippen LogP contribution in [0.2, 0.25) is 20.1 Å². The van der Waals surface area contributed by atoms with Gasteiger partial charge in [-0.2, -0.15) is 0 Å². The number of alkyl halides is 1. The minimum absolute atomic E-state index is 0.0209. The molecular formula is C45H31Cl5F4N2O6. The van der Waals surface area contributed by atoms with Crippen LogP contribution in [0.25, 0.3) is 22.3 Å². The first-order valence-electron chi connectivity index (χ1n) is 18.4. The molecule has 2 N–H and O–H groups in total. The smallest absolute Gasteiger partial charge is 0.505 e. The minimum Gasteiger partial charge on any atom is -0.505 e. The van der Waals surface area contributed by atoms with Gasteiger partial charge < -0.3 is 24.6 Å². The maximum absolute atomic E-state index is 13.9. The second-order valence-corrected chi connectivity index (χ2v) is 15.2. The number of hydrogen-bond donors (Lipinski definition) is 2. The van der Waals surface area contributed by atoms with Crippen molar-refractivity contribution in [1.82, 2.24) is 5.32 Å². The molecule has 17 heteroatoms. The largest absolute Gasteiger partial charge is 0.513 e. The molecule has 1 heterocycles. The van der Waals surface area contributed by atoms with Crippen LogP contribution in [0.1, 0.15) is 46.1 Å². The summed E-state index contributed by atoms with van der Waals surface area (Å²) in [5.41, 5.74) is 3.47. The number of carbonyl (C=O) groups is 2. The minimum atomic E-state index is -0.967. The van der Waals surface area contributed by atoms with Crippen LogP contribution in [0.5, 0.6) is 11.5 Å². The average molecular weight is 949 g/mol. The number of hydrogen-bond acceptors (Lipinski definition) is 7. The lowest BCUT2D eigenvalue weighted by molar-refractivity contribution is 0.0931. The van der Waals surface area contributed by atoms with Crippen molar-refractivity contribution in [2.45, 2.75) is 19.0 Å². The quantitative estimate of drug-likeness (QED) is 0.0613. The Labute approximate surface area is 377 Å². The number of aromatic hydroxyl groups is 1. The number of amides is 1. The standard InChI is InChI=1S/C24H18Cl3F2NO4.C21H13Cl2F2NO2/c1-2-33-24(32)34-22-16(26)10-15(11-17(22)27)13-6-8-14(9-7-13)20(12-25)30-23(31)21-18(28)4-3-5-19(21)29;22-14-8-13(9-15(23)20(14)27)11-4-6-12(7-5-11)18-10-28-21(26-18)19-16(24)2-1-3-17(19)25/h3-11,20H,2,12H2,1H3,(H,30,31);1-9,18,27H,10H2. The van der Waals surface area contributed by atoms with E-state index in [1.807, 2.05) is 24.3 Å². The molecule has 62 heavy (non-hydrogen) atoms. The molecule has 320 valence electrons. The number of phenolic OH excluding ortho intramolecular Hbond substituents is 1. The molecule has 1 aliphatic rings. The van der Waals surface area contributed by atoms with Crippen molar-refractivity contribution in [3.63, 3.8) is 0 Å². The van der Waals surface area contributed by atoms with Gasteiger partial charge in [0.15, 0.2) is 11.5 Å². The Bertz CT molecular complexity index is 2570. The fourth-order valence-electron chi connectivity index (χ4n) is 6.13. The monoisotopic (exact) mass is 946 g/mol. The predicted octanol–water partition coefficient (Wildman–Crippen LogP) is 13.3. The summed E-state index contributed by atoms with van der Waals surface area (Å²) in [6.07, 6.45) is -0.923. The van der Waals surface area contributed by atoms with Gasteiger partial charge in [-0.05, 0) is 88.8 Å². The SMILES string of the molecule is CCOC(=O)Oc1c(Cl)cc(-c2ccc(C(CCl)NC(=O)c3c(F)cccc3F)cc2)cc1Cl.Oc1c(Cl)cc(-c2ccc(C3COC(c4c(F)cccc4F)=N3)cc2)cc1Cl. The van der Waals surface area contributed by atoms with Gasteiger partial charge in [0.25, 0.3) is 5.91 Å². The van der Waals surface area contributed by atoms with E-state index in [1.54, 1.807) is 55.5 Å². The molecule has 1 amide bonds. The van der Waals surface area contributed by atoms with Crippen LogP contribution in [0.15, 0.2) is 114 Å². The number of benzene rings is 6. The van der Waals surface area contributed by atoms with Crippen LogP contribution in [-0.4, -0.2) is 42.2 Å². The first kappa shape index (κ1) is 46.0. The molecule has 0 radical (unpaired) electrons. The Hall–Kier alpha value is -5.50. The van der Waals surface area contributed by atoms with Crippen LogP contribution in [0.3, 0.4) is 0 Å². The first-order valence-corrected chi connectivity index (χ1v) is 20.4. The van der Waals surface area contributed by atoms with E-state index in [2.05, 4.69) is 10.3 Å². The molecular weight excluding hydrogens is 918 g/mol. The van der Waals surface area contributed by atoms with Crippen LogP contribution in [-0.2, 0) is 9.47 Å². The number of ether oxygens (including phenoxy) is 3. The number of nitrogens with one attached hydrogen (secondary N) is 1. The molecule has 0 spiro atoms. The third kappa shape index (κ3) is 10.7. The van der Waals surface area contributed by atoms with Gasteiger partial charge in [0, 0.05) is 5.88 Å². The van der Waals surface area contributed by atoms with Crippen molar-refractivity contribution in [1.29, 1.82) is 0 Å². The Morgan fingerprint density at radius 2 is 1.26 bits per heavy atom. The number of rotatable bonds is 10. The second-order valence-electron chi connectivity index (χ2n) is 13.2. The maximum Gasteiger partial charge on any atom is 0.513 e. The van der Waals surface area contributed by atoms with Gasteiger partial charge in [-0.25, -0.2) is 27.3 Å². The second kappa shape index (κ2) is 20.6. The molecule has 0 bridgehead atoms. The van der Waals surface area contributed by atoms with Gasteiger partial charge in [-0.15, -0.1) is 11.6 Å². The molecule has 7 rings (SSSR count). The molecule has 0 saturated carbocycles. The van der Waals surface area contributed by atoms with Crippen LogP contribution < -0.4 is 10.1 Å². The highest BCUT2D eigenvalue weighted by Crippen LogP contribution is 2.39. The Balaban J connectivity index is 0.000000210. The Morgan fingerprint density at radius 1 is 0.758 bits per heavy atom. The van der Waals surface area contributed by atoms with Crippen molar-refractivity contribution >= 4 is 76.0 Å². The third-order valence-corrected chi connectivity index (χ3v) is 10.7. The van der Waals surface area contributed by atoms with E-state index in [1.165, 1.54) is 24.3 Å². The highest BCUT2D eigenvalue weighted by atomic mass is 35.5. The lowest BCUT2D eigenvalue weighted by Gasteiger charge is -2.18. The van der Waals surface area contributed by atoms with Gasteiger partial charge >= 0.3 is 6.16 Å². The zero-order valence-corrected chi connectivity index (χ0v) is 35.8. The molecule has 1 aliphatic heterocycles. The van der Waals surface area contributed by atoms with E-state index in [9.17, 15) is 32.3 Å². The maximum atomic E-state index is 13.9. The van der Waals surface area contributed by atoms with E-state index in [4.69, 9.17) is 72.2 Å². The summed E-state index contributed by atoms with van der Waals surface area (Å²) in [4.78, 5) is 28.3. The predicted molar refractivity (Wildman–Crippen MR) is 232 cm³/mol. The van der Waals surface area contributed by atoms with Gasteiger partial charge in [0.05, 0.1) is 32.7 Å². The first-order chi connectivity index (χ1) is 29.7. The fourth-order valence-corrected chi connectivity index (χ4v) is 7.44. The van der Waals surface area contributed by atoms with Crippen LogP contribution >= 0.6 is 58.0 Å². The van der Waals surface area contributed by atoms with Gasteiger partial charge in [-0.1, -0.05) is 107 Å². The third-order valence-electron chi connectivity index (χ3n) is 9.22. The van der Waals surface area contributed by atoms with E-state index in [0.717, 1.165) is 34.4 Å². The van der Waals surface area contributed by atoms with Crippen molar-refractivity contribution < 1.29 is 46.5 Å². The number of halogens is 9. The normalized spacial score (nSPS) is 13.6. The molecule has 2 unspecified atom stereocenters. The molecule has 2 atom stereocenters. The van der Waals surface area contributed by atoms with Crippen molar-refractivity contribution in [3.05, 3.63) is 175 Å². The molecule has 0 aliphatic carbocycles. The van der Waals surface area contributed by atoms with E-state index >= 15 is 0 Å². The zero-order chi connectivity index (χ0) is 44.7. The molecule has 0 fully saturated rings. The number of phenols is 1. The Kier molecular flexibility index (Phi) is 15.3. The molecule has 0 saturated heterocycles. The fraction of sp³-hybridized carbons (Fsp3) is 0.133. The molecule has 8 nitrogen and oxygen atoms in total. The summed E-state index contributed by atoms with van der Waals surface area (Å²) in [6, 6.07) is 26.4. The van der Waals surface area contributed by atoms with Crippen LogP contribution in [0.4, 0.5) is 22.4 Å². The lowest BCUT2D eigenvalue weighted by atomic mass is 10.0. The number of carbonyl (C=O) groups excluding carboxylic acids is 2. The van der Waals surface area contributed by atoms with Gasteiger partial charge in [0.2, 0.25) is 5.90 Å². The molecule has 6 aromatic carbocycles. The highest BCUT2D eigenvalue weighted by molar-refractivity contribution is 6.38. The van der Waals surface area contributed by atoms with E-state index in [-0.39, 0.29) is 68.2 Å². The van der Waals surface area contributed by atoms with E-state index in [0.29, 0.717) is 11.1 Å². The summed E-state index contributed by atoms with van der Waals surface area (Å²) in [5.74, 6) is -4.52. The molecule has 6 aromatic rings. The summed E-state index contributed by atoms with van der Waals surface area (Å²) in [5, 5.41) is 12.8. The lowest BCUT2D eigenvalue weighted by Crippen LogP contribution is -2.31. The topological polar surface area (TPSA) is 106 Å². The van der Waals surface area contributed by atoms with Gasteiger partial charge in [-0.3, -0.25) is 4.79 Å². The van der Waals surface area contributed by atoms with Crippen LogP contribution in [0, 0.1) is 23.3 Å². The summed E-state index contributed by atoms with van der Waals surface area (Å²) < 4.78 is 70.9. The number of nitrogens with zero attached hydrogens (tertiary/aromatic N) is 1. The summed E-state index contributed by atoms with van der Waals surface area (Å²) >= 11 is 30.4.